The van der Waals surface area contributed by atoms with E-state index in [0.717, 1.165) is 4.47 Å². The molecule has 2 fully saturated rings. The predicted molar refractivity (Wildman–Crippen MR) is 92.7 cm³/mol. The molecular weight excluding hydrogens is 354 g/mol. The summed E-state index contributed by atoms with van der Waals surface area (Å²) in [5.41, 5.74) is 0.406. The predicted octanol–water partition coefficient (Wildman–Crippen LogP) is 3.70. The average Bonchev–Trinajstić information content (AvgIpc) is 2.97. The number of hydrogen-bond acceptors (Lipinski definition) is 2. The molecular formula is C19H20BrNO2. The van der Waals surface area contributed by atoms with Crippen LogP contribution in [-0.2, 0) is 16.0 Å². The van der Waals surface area contributed by atoms with Crippen molar-refractivity contribution in [1.82, 2.24) is 4.90 Å². The number of rotatable bonds is 2. The van der Waals surface area contributed by atoms with E-state index in [1.165, 1.54) is 5.56 Å². The minimum Gasteiger partial charge on any atom is -0.355 e. The zero-order valence-electron chi connectivity index (χ0n) is 13.3. The highest BCUT2D eigenvalue weighted by atomic mass is 79.9. The van der Waals surface area contributed by atoms with Crippen LogP contribution in [0.15, 0.2) is 53.0 Å². The molecule has 120 valence electrons. The van der Waals surface area contributed by atoms with E-state index in [4.69, 9.17) is 4.74 Å². The third kappa shape index (κ3) is 2.15. The molecule has 0 saturated carbocycles. The molecule has 3 nitrogen and oxygen atoms in total. The van der Waals surface area contributed by atoms with Crippen LogP contribution in [0.25, 0.3) is 0 Å². The topological polar surface area (TPSA) is 29.5 Å². The highest BCUT2D eigenvalue weighted by Gasteiger charge is 2.63. The van der Waals surface area contributed by atoms with Crippen LogP contribution in [-0.4, -0.2) is 29.2 Å². The van der Waals surface area contributed by atoms with Gasteiger partial charge in [-0.05, 0) is 38.0 Å². The first-order valence-electron chi connectivity index (χ1n) is 8.00. The number of ether oxygens (including phenoxy) is 1. The number of allylic oxidation sites excluding steroid dienone is 2. The Bertz CT molecular complexity index is 707. The van der Waals surface area contributed by atoms with Crippen molar-refractivity contribution in [2.24, 2.45) is 11.3 Å². The summed E-state index contributed by atoms with van der Waals surface area (Å²) < 4.78 is 7.08. The van der Waals surface area contributed by atoms with Crippen LogP contribution in [0, 0.1) is 11.3 Å². The van der Waals surface area contributed by atoms with Gasteiger partial charge in [-0.15, -0.1) is 0 Å². The molecule has 1 aliphatic carbocycles. The number of benzene rings is 1. The van der Waals surface area contributed by atoms with Gasteiger partial charge >= 0.3 is 0 Å². The van der Waals surface area contributed by atoms with E-state index in [2.05, 4.69) is 54.1 Å². The van der Waals surface area contributed by atoms with E-state index in [9.17, 15) is 4.79 Å². The molecule has 0 radical (unpaired) electrons. The fourth-order valence-electron chi connectivity index (χ4n) is 4.11. The molecule has 0 unspecified atom stereocenters. The first-order chi connectivity index (χ1) is 10.9. The Morgan fingerprint density at radius 2 is 2.00 bits per heavy atom. The molecule has 4 heteroatoms. The van der Waals surface area contributed by atoms with Crippen molar-refractivity contribution in [1.29, 1.82) is 0 Å². The number of amides is 1. The lowest BCUT2D eigenvalue weighted by Gasteiger charge is -2.33. The lowest BCUT2D eigenvalue weighted by molar-refractivity contribution is -0.138. The SMILES string of the molecule is CC1(C)CO[C@@H]2[C@H]3C=CC=C[C@@]3(Cc3ccc(Br)cc3)C(=O)N21. The van der Waals surface area contributed by atoms with E-state index in [1.807, 2.05) is 29.2 Å². The van der Waals surface area contributed by atoms with Crippen LogP contribution < -0.4 is 0 Å². The van der Waals surface area contributed by atoms with Crippen LogP contribution in [0.3, 0.4) is 0 Å². The van der Waals surface area contributed by atoms with E-state index < -0.39 is 5.41 Å². The van der Waals surface area contributed by atoms with Crippen LogP contribution in [0.1, 0.15) is 19.4 Å². The summed E-state index contributed by atoms with van der Waals surface area (Å²) >= 11 is 3.47. The van der Waals surface area contributed by atoms with Crippen molar-refractivity contribution >= 4 is 21.8 Å². The van der Waals surface area contributed by atoms with Crippen molar-refractivity contribution < 1.29 is 9.53 Å². The largest absolute Gasteiger partial charge is 0.355 e. The van der Waals surface area contributed by atoms with Crippen LogP contribution in [0.4, 0.5) is 0 Å². The fourth-order valence-corrected chi connectivity index (χ4v) is 4.37. The quantitative estimate of drug-likeness (QED) is 0.790. The average molecular weight is 374 g/mol. The maximum absolute atomic E-state index is 13.4. The van der Waals surface area contributed by atoms with Crippen molar-refractivity contribution in [3.63, 3.8) is 0 Å². The highest BCUT2D eigenvalue weighted by molar-refractivity contribution is 9.10. The summed E-state index contributed by atoms with van der Waals surface area (Å²) in [6, 6.07) is 8.24. The second-order valence-electron chi connectivity index (χ2n) is 7.30. The van der Waals surface area contributed by atoms with E-state index >= 15 is 0 Å². The lowest BCUT2D eigenvalue weighted by Crippen LogP contribution is -2.47. The number of nitrogens with zero attached hydrogens (tertiary/aromatic N) is 1. The Morgan fingerprint density at radius 3 is 2.74 bits per heavy atom. The molecule has 1 aromatic rings. The molecule has 0 aromatic heterocycles. The summed E-state index contributed by atoms with van der Waals surface area (Å²) in [4.78, 5) is 15.4. The molecule has 0 bridgehead atoms. The van der Waals surface area contributed by atoms with Gasteiger partial charge < -0.3 is 9.64 Å². The molecule has 1 amide bonds. The molecule has 2 heterocycles. The Hall–Kier alpha value is -1.39. The number of carbonyl (C=O) groups excluding carboxylic acids is 1. The summed E-state index contributed by atoms with van der Waals surface area (Å²) in [5.74, 6) is 0.268. The van der Waals surface area contributed by atoms with Crippen molar-refractivity contribution in [2.75, 3.05) is 6.61 Å². The molecule has 4 rings (SSSR count). The minimum absolute atomic E-state index is 0.0745. The Balaban J connectivity index is 1.76. The molecule has 2 saturated heterocycles. The van der Waals surface area contributed by atoms with E-state index in [-0.39, 0.29) is 23.6 Å². The standard InChI is InChI=1S/C19H20BrNO2/c1-18(2)12-23-16-15-5-3-4-10-19(15,17(22)21(16)18)11-13-6-8-14(20)9-7-13/h3-10,15-16H,11-12H2,1-2H3/t15-,16-,19+/m1/s1. The number of carbonyl (C=O) groups is 1. The maximum atomic E-state index is 13.4. The Morgan fingerprint density at radius 1 is 1.26 bits per heavy atom. The third-order valence-corrected chi connectivity index (χ3v) is 5.79. The second kappa shape index (κ2) is 5.05. The van der Waals surface area contributed by atoms with Gasteiger partial charge in [0.1, 0.15) is 6.23 Å². The van der Waals surface area contributed by atoms with E-state index in [1.54, 1.807) is 0 Å². The van der Waals surface area contributed by atoms with Gasteiger partial charge in [0.2, 0.25) is 5.91 Å². The molecule has 3 aliphatic rings. The lowest BCUT2D eigenvalue weighted by atomic mass is 9.70. The zero-order chi connectivity index (χ0) is 16.2. The van der Waals surface area contributed by atoms with Gasteiger partial charge in [-0.1, -0.05) is 52.4 Å². The van der Waals surface area contributed by atoms with Crippen molar-refractivity contribution in [3.05, 3.63) is 58.6 Å². The van der Waals surface area contributed by atoms with Gasteiger partial charge in [0.15, 0.2) is 0 Å². The molecule has 2 aliphatic heterocycles. The normalized spacial score (nSPS) is 33.9. The summed E-state index contributed by atoms with van der Waals surface area (Å²) in [6.45, 7) is 4.78. The van der Waals surface area contributed by atoms with Crippen LogP contribution in [0.5, 0.6) is 0 Å². The first kappa shape index (κ1) is 15.2. The van der Waals surface area contributed by atoms with Gasteiger partial charge in [0.25, 0.3) is 0 Å². The minimum atomic E-state index is -0.523. The number of halogens is 1. The van der Waals surface area contributed by atoms with Gasteiger partial charge in [0, 0.05) is 10.4 Å². The summed E-state index contributed by atoms with van der Waals surface area (Å²) in [7, 11) is 0. The summed E-state index contributed by atoms with van der Waals surface area (Å²) in [5, 5.41) is 0. The molecule has 0 spiro atoms. The van der Waals surface area contributed by atoms with Gasteiger partial charge in [0.05, 0.1) is 17.6 Å². The number of fused-ring (bicyclic) bond motifs is 3. The summed E-state index contributed by atoms with van der Waals surface area (Å²) in [6.07, 6.45) is 8.83. The smallest absolute Gasteiger partial charge is 0.236 e. The molecule has 23 heavy (non-hydrogen) atoms. The Kier molecular flexibility index (Phi) is 3.33. The van der Waals surface area contributed by atoms with Crippen molar-refractivity contribution in [2.45, 2.75) is 32.0 Å². The molecule has 1 aromatic carbocycles. The Labute approximate surface area is 145 Å². The number of hydrogen-bond donors (Lipinski definition) is 0. The van der Waals surface area contributed by atoms with Gasteiger partial charge in [-0.25, -0.2) is 0 Å². The molecule has 0 N–H and O–H groups in total. The fraction of sp³-hybridized carbons (Fsp3) is 0.421. The van der Waals surface area contributed by atoms with Crippen LogP contribution >= 0.6 is 15.9 Å². The van der Waals surface area contributed by atoms with E-state index in [0.29, 0.717) is 13.0 Å². The molecule has 3 atom stereocenters. The monoisotopic (exact) mass is 373 g/mol. The van der Waals surface area contributed by atoms with Gasteiger partial charge in [-0.3, -0.25) is 4.79 Å². The highest BCUT2D eigenvalue weighted by Crippen LogP contribution is 2.52. The third-order valence-electron chi connectivity index (χ3n) is 5.27. The second-order valence-corrected chi connectivity index (χ2v) is 8.22. The maximum Gasteiger partial charge on any atom is 0.236 e. The zero-order valence-corrected chi connectivity index (χ0v) is 14.9. The first-order valence-corrected chi connectivity index (χ1v) is 8.79. The van der Waals surface area contributed by atoms with Crippen molar-refractivity contribution in [3.8, 4) is 0 Å². The van der Waals surface area contributed by atoms with Gasteiger partial charge in [-0.2, -0.15) is 0 Å². The van der Waals surface area contributed by atoms with Crippen LogP contribution in [0.2, 0.25) is 0 Å².